The van der Waals surface area contributed by atoms with E-state index < -0.39 is 0 Å². The van der Waals surface area contributed by atoms with E-state index >= 15 is 0 Å². The number of aromatic nitrogens is 3. The van der Waals surface area contributed by atoms with Gasteiger partial charge >= 0.3 is 0 Å². The quantitative estimate of drug-likeness (QED) is 0.718. The fraction of sp³-hybridized carbons (Fsp3) is 0.200. The van der Waals surface area contributed by atoms with Crippen LogP contribution in [-0.2, 0) is 5.75 Å². The number of H-pyrrole nitrogens is 1. The summed E-state index contributed by atoms with van der Waals surface area (Å²) in [7, 11) is 1.69. The molecule has 3 rings (SSSR count). The summed E-state index contributed by atoms with van der Waals surface area (Å²) in [5, 5.41) is 10.0. The van der Waals surface area contributed by atoms with Crippen LogP contribution in [0.5, 0.6) is 5.75 Å². The number of aromatic amines is 1. The van der Waals surface area contributed by atoms with Crippen LogP contribution in [0.4, 0.5) is 0 Å². The van der Waals surface area contributed by atoms with Crippen molar-refractivity contribution in [1.29, 1.82) is 0 Å². The Morgan fingerprint density at radius 1 is 1.33 bits per heavy atom. The van der Waals surface area contributed by atoms with Gasteiger partial charge < -0.3 is 4.74 Å². The molecule has 1 N–H and O–H groups in total. The molecule has 6 heteroatoms. The lowest BCUT2D eigenvalue weighted by Gasteiger charge is -2.07. The number of nitrogens with one attached hydrogen (secondary N) is 1. The van der Waals surface area contributed by atoms with Gasteiger partial charge in [-0.05, 0) is 24.4 Å². The van der Waals surface area contributed by atoms with E-state index in [1.54, 1.807) is 30.2 Å². The largest absolute Gasteiger partial charge is 0.496 e. The Balaban J connectivity index is 1.72. The van der Waals surface area contributed by atoms with Gasteiger partial charge in [-0.15, -0.1) is 16.4 Å². The number of thiophene rings is 1. The molecule has 0 spiro atoms. The zero-order valence-corrected chi connectivity index (χ0v) is 13.4. The zero-order valence-electron chi connectivity index (χ0n) is 11.8. The molecule has 108 valence electrons. The van der Waals surface area contributed by atoms with E-state index in [9.17, 15) is 0 Å². The summed E-state index contributed by atoms with van der Waals surface area (Å²) in [4.78, 5) is 5.61. The Morgan fingerprint density at radius 3 is 3.00 bits per heavy atom. The van der Waals surface area contributed by atoms with Crippen LogP contribution in [0.3, 0.4) is 0 Å². The minimum atomic E-state index is 0.752. The molecule has 4 nitrogen and oxygen atoms in total. The molecule has 0 saturated carbocycles. The third kappa shape index (κ3) is 3.28. The first-order valence-corrected chi connectivity index (χ1v) is 8.35. The highest BCUT2D eigenvalue weighted by Crippen LogP contribution is 2.28. The average Bonchev–Trinajstić information content (AvgIpc) is 3.16. The number of hydrogen-bond donors (Lipinski definition) is 1. The smallest absolute Gasteiger partial charge is 0.209 e. The fourth-order valence-corrected chi connectivity index (χ4v) is 3.44. The predicted octanol–water partition coefficient (Wildman–Crippen LogP) is 4.14. The summed E-state index contributed by atoms with van der Waals surface area (Å²) >= 11 is 3.25. The predicted molar refractivity (Wildman–Crippen MR) is 87.0 cm³/mol. The number of hydrogen-bond acceptors (Lipinski definition) is 5. The standard InChI is InChI=1S/C15H15N3OS2/c1-10-5-6-12(19-2)11(8-10)9-21-15-16-14(17-18-15)13-4-3-7-20-13/h3-8H,9H2,1-2H3,(H,16,17,18). The van der Waals surface area contributed by atoms with Crippen molar-refractivity contribution < 1.29 is 4.74 Å². The van der Waals surface area contributed by atoms with E-state index in [1.165, 1.54) is 5.56 Å². The van der Waals surface area contributed by atoms with Gasteiger partial charge in [-0.2, -0.15) is 0 Å². The summed E-state index contributed by atoms with van der Waals surface area (Å²) in [6, 6.07) is 10.2. The number of aryl methyl sites for hydroxylation is 1. The second kappa shape index (κ2) is 6.32. The first kappa shape index (κ1) is 14.2. The summed E-state index contributed by atoms with van der Waals surface area (Å²) in [6.45, 7) is 2.08. The summed E-state index contributed by atoms with van der Waals surface area (Å²) in [5.74, 6) is 2.51. The second-order valence-electron chi connectivity index (χ2n) is 4.55. The van der Waals surface area contributed by atoms with Crippen molar-refractivity contribution >= 4 is 23.1 Å². The van der Waals surface area contributed by atoms with Crippen LogP contribution in [0.1, 0.15) is 11.1 Å². The molecular formula is C15H15N3OS2. The molecule has 0 fully saturated rings. The lowest BCUT2D eigenvalue weighted by Crippen LogP contribution is -1.91. The molecule has 3 aromatic rings. The normalized spacial score (nSPS) is 10.8. The molecule has 0 aliphatic carbocycles. The molecule has 2 aromatic heterocycles. The molecule has 2 heterocycles. The van der Waals surface area contributed by atoms with E-state index in [1.807, 2.05) is 23.6 Å². The van der Waals surface area contributed by atoms with E-state index in [-0.39, 0.29) is 0 Å². The summed E-state index contributed by atoms with van der Waals surface area (Å²) in [6.07, 6.45) is 0. The molecule has 0 amide bonds. The number of benzene rings is 1. The van der Waals surface area contributed by atoms with Crippen molar-refractivity contribution in [2.24, 2.45) is 0 Å². The Labute approximate surface area is 131 Å². The maximum atomic E-state index is 5.39. The molecule has 0 saturated heterocycles. The Kier molecular flexibility index (Phi) is 4.26. The number of nitrogens with zero attached hydrogens (tertiary/aromatic N) is 2. The third-order valence-electron chi connectivity index (χ3n) is 3.01. The van der Waals surface area contributed by atoms with Crippen molar-refractivity contribution in [2.45, 2.75) is 17.8 Å². The van der Waals surface area contributed by atoms with Gasteiger partial charge in [-0.25, -0.2) is 4.98 Å². The van der Waals surface area contributed by atoms with E-state index in [2.05, 4.69) is 34.2 Å². The fourth-order valence-electron chi connectivity index (χ4n) is 2.00. The summed E-state index contributed by atoms with van der Waals surface area (Å²) < 4.78 is 5.39. The van der Waals surface area contributed by atoms with Gasteiger partial charge in [0, 0.05) is 11.3 Å². The van der Waals surface area contributed by atoms with Crippen molar-refractivity contribution in [3.8, 4) is 16.5 Å². The van der Waals surface area contributed by atoms with Crippen molar-refractivity contribution in [1.82, 2.24) is 15.2 Å². The number of methoxy groups -OCH3 is 1. The average molecular weight is 317 g/mol. The highest BCUT2D eigenvalue weighted by molar-refractivity contribution is 7.98. The number of rotatable bonds is 5. The molecular weight excluding hydrogens is 302 g/mol. The van der Waals surface area contributed by atoms with E-state index in [0.717, 1.165) is 32.9 Å². The maximum Gasteiger partial charge on any atom is 0.209 e. The Morgan fingerprint density at radius 2 is 2.24 bits per heavy atom. The topological polar surface area (TPSA) is 50.8 Å². The van der Waals surface area contributed by atoms with Crippen LogP contribution in [0, 0.1) is 6.92 Å². The van der Waals surface area contributed by atoms with Gasteiger partial charge in [0.1, 0.15) is 5.75 Å². The van der Waals surface area contributed by atoms with Crippen LogP contribution >= 0.6 is 23.1 Å². The van der Waals surface area contributed by atoms with Crippen molar-refractivity contribution in [2.75, 3.05) is 7.11 Å². The molecule has 0 atom stereocenters. The monoisotopic (exact) mass is 317 g/mol. The highest BCUT2D eigenvalue weighted by atomic mass is 32.2. The molecule has 0 bridgehead atoms. The summed E-state index contributed by atoms with van der Waals surface area (Å²) in [5.41, 5.74) is 2.38. The zero-order chi connectivity index (χ0) is 14.7. The first-order valence-electron chi connectivity index (χ1n) is 6.49. The van der Waals surface area contributed by atoms with Crippen LogP contribution in [-0.4, -0.2) is 22.3 Å². The lowest BCUT2D eigenvalue weighted by molar-refractivity contribution is 0.411. The minimum Gasteiger partial charge on any atom is -0.496 e. The van der Waals surface area contributed by atoms with Crippen LogP contribution in [0.15, 0.2) is 40.9 Å². The second-order valence-corrected chi connectivity index (χ2v) is 6.44. The molecule has 21 heavy (non-hydrogen) atoms. The number of thioether (sulfide) groups is 1. The highest BCUT2D eigenvalue weighted by Gasteiger charge is 2.09. The molecule has 1 aromatic carbocycles. The maximum absolute atomic E-state index is 5.39. The molecule has 0 unspecified atom stereocenters. The van der Waals surface area contributed by atoms with E-state index in [4.69, 9.17) is 4.74 Å². The SMILES string of the molecule is COc1ccc(C)cc1CSc1n[nH]c(-c2cccs2)n1. The molecule has 0 radical (unpaired) electrons. The van der Waals surface area contributed by atoms with Crippen molar-refractivity contribution in [3.05, 3.63) is 46.8 Å². The van der Waals surface area contributed by atoms with Gasteiger partial charge in [-0.1, -0.05) is 35.5 Å². The van der Waals surface area contributed by atoms with Gasteiger partial charge in [-0.3, -0.25) is 5.10 Å². The van der Waals surface area contributed by atoms with Gasteiger partial charge in [0.2, 0.25) is 5.16 Å². The van der Waals surface area contributed by atoms with Gasteiger partial charge in [0.05, 0.1) is 12.0 Å². The van der Waals surface area contributed by atoms with Crippen LogP contribution in [0.25, 0.3) is 10.7 Å². The Hall–Kier alpha value is -1.79. The van der Waals surface area contributed by atoms with Crippen molar-refractivity contribution in [3.63, 3.8) is 0 Å². The van der Waals surface area contributed by atoms with Crippen LogP contribution in [0.2, 0.25) is 0 Å². The third-order valence-corrected chi connectivity index (χ3v) is 4.78. The first-order chi connectivity index (χ1) is 10.3. The molecule has 0 aliphatic rings. The van der Waals surface area contributed by atoms with Gasteiger partial charge in [0.15, 0.2) is 5.82 Å². The van der Waals surface area contributed by atoms with E-state index in [0.29, 0.717) is 0 Å². The minimum absolute atomic E-state index is 0.752. The lowest BCUT2D eigenvalue weighted by atomic mass is 10.1. The Bertz CT molecular complexity index is 722. The van der Waals surface area contributed by atoms with Gasteiger partial charge in [0.25, 0.3) is 0 Å². The molecule has 0 aliphatic heterocycles. The van der Waals surface area contributed by atoms with Crippen LogP contribution < -0.4 is 4.74 Å². The number of ether oxygens (including phenoxy) is 1.